The van der Waals surface area contributed by atoms with Crippen molar-refractivity contribution in [3.8, 4) is 0 Å². The van der Waals surface area contributed by atoms with E-state index in [0.717, 1.165) is 11.3 Å². The highest BCUT2D eigenvalue weighted by molar-refractivity contribution is 5.99. The standard InChI is InChI=1S/C19H22N2O3/c1-13(20-17-8-4-6-15(10-17)12-24-3)19(23)21-18-9-5-7-16(11-18)14(2)22/h4-11,13,20H,12H2,1-3H3,(H,21,23)/t13-/m0/s1. The van der Waals surface area contributed by atoms with Crippen LogP contribution < -0.4 is 10.6 Å². The molecule has 2 rings (SSSR count). The van der Waals surface area contributed by atoms with Crippen LogP contribution >= 0.6 is 0 Å². The van der Waals surface area contributed by atoms with Gasteiger partial charge in [0.05, 0.1) is 6.61 Å². The third-order valence-electron chi connectivity index (χ3n) is 3.55. The summed E-state index contributed by atoms with van der Waals surface area (Å²) in [6.45, 7) is 3.80. The molecule has 0 aliphatic heterocycles. The lowest BCUT2D eigenvalue weighted by Gasteiger charge is -2.16. The number of rotatable bonds is 7. The number of benzene rings is 2. The zero-order valence-electron chi connectivity index (χ0n) is 14.1. The Labute approximate surface area is 142 Å². The summed E-state index contributed by atoms with van der Waals surface area (Å²) in [5.41, 5.74) is 3.06. The Morgan fingerprint density at radius 3 is 2.50 bits per heavy atom. The number of hydrogen-bond acceptors (Lipinski definition) is 4. The molecule has 0 heterocycles. The van der Waals surface area contributed by atoms with Crippen molar-refractivity contribution < 1.29 is 14.3 Å². The van der Waals surface area contributed by atoms with Gasteiger partial charge < -0.3 is 15.4 Å². The number of carbonyl (C=O) groups excluding carboxylic acids is 2. The van der Waals surface area contributed by atoms with Crippen LogP contribution in [0, 0.1) is 0 Å². The zero-order valence-corrected chi connectivity index (χ0v) is 14.1. The molecule has 0 saturated heterocycles. The summed E-state index contributed by atoms with van der Waals surface area (Å²) in [6, 6.07) is 14.2. The minimum Gasteiger partial charge on any atom is -0.380 e. The predicted octanol–water partition coefficient (Wildman–Crippen LogP) is 3.47. The van der Waals surface area contributed by atoms with Crippen molar-refractivity contribution in [1.29, 1.82) is 0 Å². The molecule has 0 aromatic heterocycles. The average Bonchev–Trinajstić information content (AvgIpc) is 2.55. The van der Waals surface area contributed by atoms with Crippen LogP contribution in [0.4, 0.5) is 11.4 Å². The molecule has 0 radical (unpaired) electrons. The van der Waals surface area contributed by atoms with Crippen LogP contribution in [0.2, 0.25) is 0 Å². The van der Waals surface area contributed by atoms with Crippen LogP contribution in [0.25, 0.3) is 0 Å². The van der Waals surface area contributed by atoms with Crippen molar-refractivity contribution in [2.45, 2.75) is 26.5 Å². The van der Waals surface area contributed by atoms with Crippen molar-refractivity contribution in [2.75, 3.05) is 17.7 Å². The van der Waals surface area contributed by atoms with Gasteiger partial charge in [-0.1, -0.05) is 24.3 Å². The molecule has 126 valence electrons. The van der Waals surface area contributed by atoms with E-state index in [0.29, 0.717) is 17.9 Å². The van der Waals surface area contributed by atoms with Crippen molar-refractivity contribution >= 4 is 23.1 Å². The third-order valence-corrected chi connectivity index (χ3v) is 3.55. The number of amides is 1. The van der Waals surface area contributed by atoms with Gasteiger partial charge >= 0.3 is 0 Å². The molecule has 1 amide bonds. The lowest BCUT2D eigenvalue weighted by Crippen LogP contribution is -2.31. The van der Waals surface area contributed by atoms with E-state index in [9.17, 15) is 9.59 Å². The van der Waals surface area contributed by atoms with Crippen molar-refractivity contribution in [2.24, 2.45) is 0 Å². The topological polar surface area (TPSA) is 67.4 Å². The second-order valence-corrected chi connectivity index (χ2v) is 5.63. The number of ether oxygens (including phenoxy) is 1. The minimum atomic E-state index is -0.427. The van der Waals surface area contributed by atoms with Gasteiger partial charge in [-0.2, -0.15) is 0 Å². The summed E-state index contributed by atoms with van der Waals surface area (Å²) in [6.07, 6.45) is 0. The Morgan fingerprint density at radius 1 is 1.08 bits per heavy atom. The lowest BCUT2D eigenvalue weighted by molar-refractivity contribution is -0.116. The summed E-state index contributed by atoms with van der Waals surface area (Å²) in [7, 11) is 1.64. The van der Waals surface area contributed by atoms with Crippen LogP contribution in [0.15, 0.2) is 48.5 Å². The first kappa shape index (κ1) is 17.7. The Morgan fingerprint density at radius 2 is 1.79 bits per heavy atom. The van der Waals surface area contributed by atoms with E-state index in [2.05, 4.69) is 10.6 Å². The number of ketones is 1. The summed E-state index contributed by atoms with van der Waals surface area (Å²) in [5, 5.41) is 5.98. The summed E-state index contributed by atoms with van der Waals surface area (Å²) >= 11 is 0. The molecular formula is C19H22N2O3. The quantitative estimate of drug-likeness (QED) is 0.765. The largest absolute Gasteiger partial charge is 0.380 e. The van der Waals surface area contributed by atoms with Gasteiger partial charge in [-0.3, -0.25) is 9.59 Å². The normalized spacial score (nSPS) is 11.6. The highest BCUT2D eigenvalue weighted by Gasteiger charge is 2.13. The van der Waals surface area contributed by atoms with Gasteiger partial charge in [-0.25, -0.2) is 0 Å². The minimum absolute atomic E-state index is 0.0350. The molecule has 2 aromatic carbocycles. The van der Waals surface area contributed by atoms with Crippen LogP contribution in [0.5, 0.6) is 0 Å². The first-order chi connectivity index (χ1) is 11.5. The Balaban J connectivity index is 2.00. The number of carbonyl (C=O) groups is 2. The smallest absolute Gasteiger partial charge is 0.246 e. The van der Waals surface area contributed by atoms with Gasteiger partial charge in [-0.05, 0) is 43.7 Å². The van der Waals surface area contributed by atoms with E-state index in [-0.39, 0.29) is 11.7 Å². The fourth-order valence-corrected chi connectivity index (χ4v) is 2.30. The van der Waals surface area contributed by atoms with E-state index in [4.69, 9.17) is 4.74 Å². The molecule has 24 heavy (non-hydrogen) atoms. The van der Waals surface area contributed by atoms with Crippen molar-refractivity contribution in [1.82, 2.24) is 0 Å². The molecule has 2 N–H and O–H groups in total. The first-order valence-electron chi connectivity index (χ1n) is 7.76. The second-order valence-electron chi connectivity index (χ2n) is 5.63. The van der Waals surface area contributed by atoms with Crippen LogP contribution in [0.1, 0.15) is 29.8 Å². The number of nitrogens with one attached hydrogen (secondary N) is 2. The monoisotopic (exact) mass is 326 g/mol. The molecule has 5 nitrogen and oxygen atoms in total. The zero-order chi connectivity index (χ0) is 17.5. The molecule has 0 fully saturated rings. The lowest BCUT2D eigenvalue weighted by atomic mass is 10.1. The molecule has 2 aromatic rings. The number of Topliss-reactive ketones (excluding diaryl/α,β-unsaturated/α-hetero) is 1. The summed E-state index contributed by atoms with van der Waals surface area (Å²) < 4.78 is 5.11. The summed E-state index contributed by atoms with van der Waals surface area (Å²) in [4.78, 5) is 23.7. The van der Waals surface area contributed by atoms with Crippen LogP contribution in [0.3, 0.4) is 0 Å². The number of anilines is 2. The average molecular weight is 326 g/mol. The van der Waals surface area contributed by atoms with Crippen LogP contribution in [-0.2, 0) is 16.1 Å². The fourth-order valence-electron chi connectivity index (χ4n) is 2.30. The van der Waals surface area contributed by atoms with Crippen molar-refractivity contribution in [3.63, 3.8) is 0 Å². The van der Waals surface area contributed by atoms with Gasteiger partial charge in [0.2, 0.25) is 5.91 Å². The predicted molar refractivity (Wildman–Crippen MR) is 95.3 cm³/mol. The highest BCUT2D eigenvalue weighted by atomic mass is 16.5. The van der Waals surface area contributed by atoms with E-state index >= 15 is 0 Å². The van der Waals surface area contributed by atoms with Gasteiger partial charge in [0.25, 0.3) is 0 Å². The van der Waals surface area contributed by atoms with Gasteiger partial charge in [0, 0.05) is 24.0 Å². The molecule has 0 aliphatic rings. The third kappa shape index (κ3) is 4.93. The molecule has 0 unspecified atom stereocenters. The first-order valence-corrected chi connectivity index (χ1v) is 7.76. The SMILES string of the molecule is COCc1cccc(N[C@@H](C)C(=O)Nc2cccc(C(C)=O)c2)c1. The van der Waals surface area contributed by atoms with E-state index in [1.165, 1.54) is 6.92 Å². The second kappa shape index (κ2) is 8.26. The van der Waals surface area contributed by atoms with Gasteiger partial charge in [0.1, 0.15) is 6.04 Å². The molecule has 0 spiro atoms. The Kier molecular flexibility index (Phi) is 6.09. The van der Waals surface area contributed by atoms with E-state index in [1.807, 2.05) is 24.3 Å². The molecule has 0 saturated carbocycles. The van der Waals surface area contributed by atoms with E-state index in [1.54, 1.807) is 38.3 Å². The van der Waals surface area contributed by atoms with Crippen molar-refractivity contribution in [3.05, 3.63) is 59.7 Å². The maximum absolute atomic E-state index is 12.3. The number of hydrogen-bond donors (Lipinski definition) is 2. The maximum atomic E-state index is 12.3. The number of methoxy groups -OCH3 is 1. The highest BCUT2D eigenvalue weighted by Crippen LogP contribution is 2.15. The Hall–Kier alpha value is -2.66. The fraction of sp³-hybridized carbons (Fsp3) is 0.263. The molecular weight excluding hydrogens is 304 g/mol. The molecule has 5 heteroatoms. The Bertz CT molecular complexity index is 728. The van der Waals surface area contributed by atoms with Crippen LogP contribution in [-0.4, -0.2) is 24.8 Å². The summed E-state index contributed by atoms with van der Waals surface area (Å²) in [5.74, 6) is -0.208. The van der Waals surface area contributed by atoms with E-state index < -0.39 is 6.04 Å². The van der Waals surface area contributed by atoms with Gasteiger partial charge in [0.15, 0.2) is 5.78 Å². The molecule has 0 bridgehead atoms. The van der Waals surface area contributed by atoms with Gasteiger partial charge in [-0.15, -0.1) is 0 Å². The maximum Gasteiger partial charge on any atom is 0.246 e. The molecule has 0 aliphatic carbocycles. The molecule has 1 atom stereocenters.